The predicted molar refractivity (Wildman–Crippen MR) is 77.3 cm³/mol. The van der Waals surface area contributed by atoms with Crippen LogP contribution in [0.3, 0.4) is 0 Å². The minimum Gasteiger partial charge on any atom is -0.478 e. The molecule has 0 aromatic carbocycles. The van der Waals surface area contributed by atoms with Gasteiger partial charge >= 0.3 is 11.9 Å². The molecule has 20 heavy (non-hydrogen) atoms. The molecule has 0 heterocycles. The van der Waals surface area contributed by atoms with Crippen molar-refractivity contribution in [3.05, 3.63) is 12.2 Å². The van der Waals surface area contributed by atoms with Crippen LogP contribution >= 0.6 is 0 Å². The molecule has 0 aromatic heterocycles. The molecule has 1 rings (SSSR count). The zero-order chi connectivity index (χ0) is 15.2. The van der Waals surface area contributed by atoms with E-state index in [1.54, 1.807) is 0 Å². The summed E-state index contributed by atoms with van der Waals surface area (Å²) < 4.78 is 5.61. The lowest BCUT2D eigenvalue weighted by molar-refractivity contribution is -0.161. The normalized spacial score (nSPS) is 26.1. The van der Waals surface area contributed by atoms with Crippen LogP contribution in [0.5, 0.6) is 0 Å². The van der Waals surface area contributed by atoms with E-state index in [0.29, 0.717) is 5.92 Å². The van der Waals surface area contributed by atoms with E-state index in [1.165, 1.54) is 12.8 Å². The number of ether oxygens (including phenoxy) is 1. The van der Waals surface area contributed by atoms with Crippen LogP contribution in [0.15, 0.2) is 12.2 Å². The summed E-state index contributed by atoms with van der Waals surface area (Å²) in [6.45, 7) is 6.32. The van der Waals surface area contributed by atoms with Gasteiger partial charge in [-0.15, -0.1) is 0 Å². The molecule has 1 aliphatic rings. The minimum atomic E-state index is -1.13. The van der Waals surface area contributed by atoms with Gasteiger partial charge in [0.2, 0.25) is 0 Å². The largest absolute Gasteiger partial charge is 0.478 e. The van der Waals surface area contributed by atoms with Gasteiger partial charge in [-0.3, -0.25) is 0 Å². The number of carboxylic acids is 1. The van der Waals surface area contributed by atoms with Crippen molar-refractivity contribution < 1.29 is 19.4 Å². The van der Waals surface area contributed by atoms with Gasteiger partial charge in [-0.2, -0.15) is 0 Å². The second-order valence-electron chi connectivity index (χ2n) is 6.11. The highest BCUT2D eigenvalue weighted by Gasteiger charge is 2.38. The Morgan fingerprint density at radius 3 is 2.35 bits per heavy atom. The van der Waals surface area contributed by atoms with E-state index in [1.807, 2.05) is 6.92 Å². The molecule has 0 saturated heterocycles. The summed E-state index contributed by atoms with van der Waals surface area (Å²) in [4.78, 5) is 22.2. The number of carboxylic acid groups (broad SMARTS) is 1. The lowest BCUT2D eigenvalue weighted by Gasteiger charge is -2.40. The van der Waals surface area contributed by atoms with Gasteiger partial charge < -0.3 is 9.84 Å². The molecular weight excluding hydrogens is 256 g/mol. The fourth-order valence-electron chi connectivity index (χ4n) is 3.11. The van der Waals surface area contributed by atoms with Crippen molar-refractivity contribution in [2.45, 2.75) is 64.9 Å². The molecule has 4 nitrogen and oxygen atoms in total. The third-order valence-corrected chi connectivity index (χ3v) is 4.32. The monoisotopic (exact) mass is 282 g/mol. The van der Waals surface area contributed by atoms with Gasteiger partial charge in [0.05, 0.1) is 0 Å². The van der Waals surface area contributed by atoms with Crippen LogP contribution in [0.1, 0.15) is 59.3 Å². The van der Waals surface area contributed by atoms with Gasteiger partial charge in [0.1, 0.15) is 5.60 Å². The first kappa shape index (κ1) is 16.7. The first-order valence-corrected chi connectivity index (χ1v) is 7.51. The van der Waals surface area contributed by atoms with Crippen LogP contribution in [0, 0.1) is 11.8 Å². The molecule has 1 atom stereocenters. The molecule has 1 saturated carbocycles. The first-order chi connectivity index (χ1) is 9.37. The average molecular weight is 282 g/mol. The number of aliphatic carboxylic acids is 1. The lowest BCUT2D eigenvalue weighted by atomic mass is 9.73. The van der Waals surface area contributed by atoms with Gasteiger partial charge in [-0.05, 0) is 38.0 Å². The van der Waals surface area contributed by atoms with Crippen molar-refractivity contribution in [1.82, 2.24) is 0 Å². The maximum atomic E-state index is 11.8. The number of esters is 1. The molecule has 0 bridgehead atoms. The molecule has 0 radical (unpaired) electrons. The molecule has 0 aromatic rings. The highest BCUT2D eigenvalue weighted by Crippen LogP contribution is 2.39. The quantitative estimate of drug-likeness (QED) is 0.597. The minimum absolute atomic E-state index is 0.376. The fraction of sp³-hybridized carbons (Fsp3) is 0.750. The van der Waals surface area contributed by atoms with E-state index >= 15 is 0 Å². The first-order valence-electron chi connectivity index (χ1n) is 7.51. The van der Waals surface area contributed by atoms with Gasteiger partial charge in [-0.25, -0.2) is 9.59 Å². The highest BCUT2D eigenvalue weighted by atomic mass is 16.6. The van der Waals surface area contributed by atoms with Crippen LogP contribution in [-0.4, -0.2) is 22.6 Å². The van der Waals surface area contributed by atoms with E-state index in [9.17, 15) is 9.59 Å². The van der Waals surface area contributed by atoms with Crippen LogP contribution < -0.4 is 0 Å². The number of hydrogen-bond acceptors (Lipinski definition) is 3. The van der Waals surface area contributed by atoms with Crippen LogP contribution in [0.25, 0.3) is 0 Å². The summed E-state index contributed by atoms with van der Waals surface area (Å²) in [5.74, 6) is -0.562. The Labute approximate surface area is 121 Å². The summed E-state index contributed by atoms with van der Waals surface area (Å²) in [5, 5.41) is 8.55. The second kappa shape index (κ2) is 7.46. The van der Waals surface area contributed by atoms with E-state index in [2.05, 4.69) is 13.8 Å². The van der Waals surface area contributed by atoms with Crippen LogP contribution in [-0.2, 0) is 14.3 Å². The van der Waals surface area contributed by atoms with Crippen molar-refractivity contribution in [2.24, 2.45) is 11.8 Å². The Hall–Kier alpha value is -1.32. The average Bonchev–Trinajstić information content (AvgIpc) is 2.37. The number of rotatable bonds is 6. The van der Waals surface area contributed by atoms with Crippen molar-refractivity contribution in [1.29, 1.82) is 0 Å². The maximum Gasteiger partial charge on any atom is 0.331 e. The molecule has 1 N–H and O–H groups in total. The smallest absolute Gasteiger partial charge is 0.331 e. The van der Waals surface area contributed by atoms with Crippen molar-refractivity contribution in [3.63, 3.8) is 0 Å². The Bertz CT molecular complexity index is 367. The van der Waals surface area contributed by atoms with Gasteiger partial charge in [-0.1, -0.05) is 33.1 Å². The second-order valence-corrected chi connectivity index (χ2v) is 6.11. The Morgan fingerprint density at radius 2 is 1.85 bits per heavy atom. The summed E-state index contributed by atoms with van der Waals surface area (Å²) in [7, 11) is 0. The molecule has 4 heteroatoms. The Balaban J connectivity index is 2.70. The van der Waals surface area contributed by atoms with E-state index in [4.69, 9.17) is 9.84 Å². The summed E-state index contributed by atoms with van der Waals surface area (Å²) in [5.41, 5.74) is -0.477. The third-order valence-electron chi connectivity index (χ3n) is 4.32. The Kier molecular flexibility index (Phi) is 6.24. The highest BCUT2D eigenvalue weighted by molar-refractivity contribution is 5.90. The van der Waals surface area contributed by atoms with Crippen LogP contribution in [0.2, 0.25) is 0 Å². The van der Waals surface area contributed by atoms with E-state index in [-0.39, 0.29) is 0 Å². The predicted octanol–water partition coefficient (Wildman–Crippen LogP) is 3.56. The van der Waals surface area contributed by atoms with E-state index in [0.717, 1.165) is 43.8 Å². The molecule has 0 spiro atoms. The molecule has 1 unspecified atom stereocenters. The maximum absolute atomic E-state index is 11.8. The van der Waals surface area contributed by atoms with E-state index < -0.39 is 17.5 Å². The molecule has 1 fully saturated rings. The molecular formula is C16H26O4. The van der Waals surface area contributed by atoms with Crippen molar-refractivity contribution in [2.75, 3.05) is 0 Å². The fourth-order valence-corrected chi connectivity index (χ4v) is 3.11. The topological polar surface area (TPSA) is 63.6 Å². The number of carbonyl (C=O) groups excluding carboxylic acids is 1. The SMILES string of the molecule is CCCC(C)(OC(=O)/C=C/C(=O)O)C1CCC(C)CC1. The number of carbonyl (C=O) groups is 2. The zero-order valence-electron chi connectivity index (χ0n) is 12.7. The molecule has 114 valence electrons. The summed E-state index contributed by atoms with van der Waals surface area (Å²) in [6, 6.07) is 0. The third kappa shape index (κ3) is 4.99. The zero-order valence-corrected chi connectivity index (χ0v) is 12.7. The summed E-state index contributed by atoms with van der Waals surface area (Å²) in [6.07, 6.45) is 8.09. The Morgan fingerprint density at radius 1 is 1.25 bits per heavy atom. The molecule has 1 aliphatic carbocycles. The van der Waals surface area contributed by atoms with Crippen molar-refractivity contribution in [3.8, 4) is 0 Å². The molecule has 0 amide bonds. The lowest BCUT2D eigenvalue weighted by Crippen LogP contribution is -2.41. The van der Waals surface area contributed by atoms with Crippen LogP contribution in [0.4, 0.5) is 0 Å². The number of hydrogen-bond donors (Lipinski definition) is 1. The molecule has 0 aliphatic heterocycles. The van der Waals surface area contributed by atoms with Gasteiger partial charge in [0.25, 0.3) is 0 Å². The van der Waals surface area contributed by atoms with Gasteiger partial charge in [0.15, 0.2) is 0 Å². The van der Waals surface area contributed by atoms with Gasteiger partial charge in [0, 0.05) is 12.2 Å². The van der Waals surface area contributed by atoms with Crippen molar-refractivity contribution >= 4 is 11.9 Å². The summed E-state index contributed by atoms with van der Waals surface area (Å²) >= 11 is 0. The standard InChI is InChI=1S/C16H26O4/c1-4-11-16(3,13-7-5-12(2)6-8-13)20-15(19)10-9-14(17)18/h9-10,12-13H,4-8,11H2,1-3H3,(H,17,18)/b10-9+.